The second kappa shape index (κ2) is 9.84. The number of rotatable bonds is 6. The Labute approximate surface area is 188 Å². The summed E-state index contributed by atoms with van der Waals surface area (Å²) < 4.78 is 7.89. The number of nitrogens with zero attached hydrogens (tertiary/aromatic N) is 2. The van der Waals surface area contributed by atoms with Crippen molar-refractivity contribution in [1.29, 1.82) is 0 Å². The van der Waals surface area contributed by atoms with Crippen LogP contribution in [-0.4, -0.2) is 28.0 Å². The van der Waals surface area contributed by atoms with Crippen LogP contribution in [0.1, 0.15) is 64.2 Å². The van der Waals surface area contributed by atoms with Crippen molar-refractivity contribution < 1.29 is 4.74 Å². The van der Waals surface area contributed by atoms with E-state index >= 15 is 0 Å². The molecule has 3 nitrogen and oxygen atoms in total. The fourth-order valence-electron chi connectivity index (χ4n) is 5.84. The minimum atomic E-state index is -0.182. The van der Waals surface area contributed by atoms with Crippen LogP contribution in [0, 0.1) is 0 Å². The van der Waals surface area contributed by atoms with E-state index in [1.165, 1.54) is 69.8 Å². The van der Waals surface area contributed by atoms with Crippen LogP contribution in [-0.2, 0) is 11.5 Å². The van der Waals surface area contributed by atoms with Crippen LogP contribution in [0.4, 0.5) is 0 Å². The number of fused-ring (bicyclic) bond motifs is 1. The highest BCUT2D eigenvalue weighted by Crippen LogP contribution is 2.56. The van der Waals surface area contributed by atoms with Crippen molar-refractivity contribution in [2.45, 2.75) is 82.3 Å². The molecule has 31 heavy (non-hydrogen) atoms. The number of benzene rings is 2. The summed E-state index contributed by atoms with van der Waals surface area (Å²) >= 11 is 0. The number of para-hydroxylation sites is 2. The van der Waals surface area contributed by atoms with Gasteiger partial charge in [-0.3, -0.25) is 4.57 Å². The first kappa shape index (κ1) is 21.2. The molecule has 1 aromatic heterocycles. The smallest absolute Gasteiger partial charge is 0.143 e. The van der Waals surface area contributed by atoms with E-state index in [0.717, 1.165) is 28.2 Å². The molecule has 0 amide bonds. The van der Waals surface area contributed by atoms with Gasteiger partial charge in [0.2, 0.25) is 0 Å². The van der Waals surface area contributed by atoms with Gasteiger partial charge in [-0.05, 0) is 54.4 Å². The average molecular weight is 435 g/mol. The van der Waals surface area contributed by atoms with Gasteiger partial charge in [-0.2, -0.15) is 0 Å². The summed E-state index contributed by atoms with van der Waals surface area (Å²) in [7, 11) is 1.60. The van der Waals surface area contributed by atoms with Crippen molar-refractivity contribution in [3.05, 3.63) is 48.5 Å². The van der Waals surface area contributed by atoms with E-state index in [1.54, 1.807) is 12.4 Å². The second-order valence-corrected chi connectivity index (χ2v) is 12.0. The SMILES string of the molecule is COCn1c(-c2ccccc2P(C2CCCCC2)C2CCCCC2)nc2ccccc21. The summed E-state index contributed by atoms with van der Waals surface area (Å²) in [6.45, 7) is 0.537. The highest BCUT2D eigenvalue weighted by molar-refractivity contribution is 7.67. The molecular formula is C27H35N2OP. The Morgan fingerprint density at radius 2 is 1.45 bits per heavy atom. The number of aromatic nitrogens is 2. The van der Waals surface area contributed by atoms with E-state index in [4.69, 9.17) is 9.72 Å². The van der Waals surface area contributed by atoms with Gasteiger partial charge in [-0.25, -0.2) is 4.98 Å². The standard InChI is InChI=1S/C27H35N2OP/c1-30-20-29-25-18-10-9-17-24(25)28-27(29)23-16-8-11-19-26(23)31(21-12-4-2-5-13-21)22-14-6-3-7-15-22/h8-11,16-19,21-22H,2-7,12-15,20H2,1H3. The van der Waals surface area contributed by atoms with E-state index in [9.17, 15) is 0 Å². The summed E-state index contributed by atoms with van der Waals surface area (Å²) in [5.74, 6) is 1.08. The molecule has 0 unspecified atom stereocenters. The van der Waals surface area contributed by atoms with Crippen molar-refractivity contribution in [2.24, 2.45) is 0 Å². The molecule has 4 heteroatoms. The van der Waals surface area contributed by atoms with Crippen LogP contribution in [0.5, 0.6) is 0 Å². The Balaban J connectivity index is 1.63. The number of imidazole rings is 1. The van der Waals surface area contributed by atoms with Gasteiger partial charge in [0, 0.05) is 12.7 Å². The van der Waals surface area contributed by atoms with Gasteiger partial charge in [0.25, 0.3) is 0 Å². The molecule has 3 aromatic rings. The Kier molecular flexibility index (Phi) is 6.72. The maximum atomic E-state index is 5.62. The molecule has 0 radical (unpaired) electrons. The van der Waals surface area contributed by atoms with Crippen LogP contribution in [0.2, 0.25) is 0 Å². The fourth-order valence-corrected chi connectivity index (χ4v) is 9.78. The Bertz CT molecular complexity index is 983. The van der Waals surface area contributed by atoms with E-state index in [1.807, 2.05) is 0 Å². The van der Waals surface area contributed by atoms with Crippen LogP contribution < -0.4 is 5.30 Å². The highest BCUT2D eigenvalue weighted by atomic mass is 31.1. The summed E-state index contributed by atoms with van der Waals surface area (Å²) in [6, 6.07) is 17.7. The van der Waals surface area contributed by atoms with Gasteiger partial charge < -0.3 is 4.74 Å². The van der Waals surface area contributed by atoms with E-state index in [0.29, 0.717) is 6.73 Å². The molecule has 5 rings (SSSR count). The van der Waals surface area contributed by atoms with Crippen molar-refractivity contribution in [3.63, 3.8) is 0 Å². The van der Waals surface area contributed by atoms with Gasteiger partial charge in [0.1, 0.15) is 12.6 Å². The zero-order chi connectivity index (χ0) is 21.0. The Morgan fingerprint density at radius 3 is 2.13 bits per heavy atom. The molecule has 0 aliphatic heterocycles. The first-order chi connectivity index (χ1) is 15.4. The summed E-state index contributed by atoms with van der Waals surface area (Å²) in [4.78, 5) is 5.13. The van der Waals surface area contributed by atoms with E-state index in [-0.39, 0.29) is 7.92 Å². The zero-order valence-corrected chi connectivity index (χ0v) is 19.7. The minimum Gasteiger partial charge on any atom is -0.364 e. The van der Waals surface area contributed by atoms with Crippen LogP contribution >= 0.6 is 7.92 Å². The van der Waals surface area contributed by atoms with Crippen LogP contribution in [0.25, 0.3) is 22.4 Å². The highest BCUT2D eigenvalue weighted by Gasteiger charge is 2.34. The largest absolute Gasteiger partial charge is 0.364 e. The van der Waals surface area contributed by atoms with Crippen molar-refractivity contribution in [2.75, 3.05) is 7.11 Å². The number of hydrogen-bond donors (Lipinski definition) is 0. The van der Waals surface area contributed by atoms with Gasteiger partial charge in [-0.15, -0.1) is 0 Å². The predicted molar refractivity (Wildman–Crippen MR) is 132 cm³/mol. The second-order valence-electron chi connectivity index (χ2n) is 9.28. The van der Waals surface area contributed by atoms with Gasteiger partial charge in [0.05, 0.1) is 11.0 Å². The van der Waals surface area contributed by atoms with Crippen molar-refractivity contribution in [3.8, 4) is 11.4 Å². The summed E-state index contributed by atoms with van der Waals surface area (Å²) in [5.41, 5.74) is 5.33. The number of ether oxygens (including phenoxy) is 1. The number of methoxy groups -OCH3 is 1. The molecule has 2 fully saturated rings. The third-order valence-corrected chi connectivity index (χ3v) is 10.8. The zero-order valence-electron chi connectivity index (χ0n) is 18.8. The predicted octanol–water partition coefficient (Wildman–Crippen LogP) is 7.08. The molecule has 164 valence electrons. The maximum absolute atomic E-state index is 5.62. The molecule has 0 saturated heterocycles. The van der Waals surface area contributed by atoms with E-state index < -0.39 is 0 Å². The number of hydrogen-bond acceptors (Lipinski definition) is 2. The molecule has 0 spiro atoms. The Hall–Kier alpha value is -1.70. The summed E-state index contributed by atoms with van der Waals surface area (Å²) in [5, 5.41) is 1.60. The van der Waals surface area contributed by atoms with E-state index in [2.05, 4.69) is 53.1 Å². The molecule has 0 N–H and O–H groups in total. The normalized spacial score (nSPS) is 18.8. The third-order valence-electron chi connectivity index (χ3n) is 7.27. The summed E-state index contributed by atoms with van der Waals surface area (Å²) in [6.07, 6.45) is 14.2. The van der Waals surface area contributed by atoms with Crippen LogP contribution in [0.3, 0.4) is 0 Å². The quantitative estimate of drug-likeness (QED) is 0.388. The molecule has 0 atom stereocenters. The van der Waals surface area contributed by atoms with Crippen molar-refractivity contribution in [1.82, 2.24) is 9.55 Å². The fraction of sp³-hybridized carbons (Fsp3) is 0.519. The van der Waals surface area contributed by atoms with Crippen LogP contribution in [0.15, 0.2) is 48.5 Å². The first-order valence-corrected chi connectivity index (χ1v) is 13.7. The lowest BCUT2D eigenvalue weighted by Gasteiger charge is -2.39. The minimum absolute atomic E-state index is 0.182. The van der Waals surface area contributed by atoms with Crippen molar-refractivity contribution >= 4 is 24.3 Å². The molecule has 2 aromatic carbocycles. The van der Waals surface area contributed by atoms with Gasteiger partial charge in [-0.1, -0.05) is 82.8 Å². The Morgan fingerprint density at radius 1 is 0.839 bits per heavy atom. The molecule has 0 bridgehead atoms. The average Bonchev–Trinajstić information content (AvgIpc) is 3.20. The molecule has 2 saturated carbocycles. The lowest BCUT2D eigenvalue weighted by molar-refractivity contribution is 0.135. The third kappa shape index (κ3) is 4.32. The van der Waals surface area contributed by atoms with Gasteiger partial charge >= 0.3 is 0 Å². The van der Waals surface area contributed by atoms with Gasteiger partial charge in [0.15, 0.2) is 0 Å². The monoisotopic (exact) mass is 434 g/mol. The maximum Gasteiger partial charge on any atom is 0.143 e. The molecule has 1 heterocycles. The topological polar surface area (TPSA) is 27.1 Å². The lowest BCUT2D eigenvalue weighted by atomic mass is 9.99. The molecular weight excluding hydrogens is 399 g/mol. The molecule has 2 aliphatic rings. The first-order valence-electron chi connectivity index (χ1n) is 12.2. The lowest BCUT2D eigenvalue weighted by Crippen LogP contribution is -2.27. The molecule has 2 aliphatic carbocycles.